The molecule has 4 aromatic rings. The Labute approximate surface area is 107 Å². The molecule has 0 saturated heterocycles. The Morgan fingerprint density at radius 1 is 1.05 bits per heavy atom. The fraction of sp³-hybridized carbons (Fsp3) is 0. The standard InChI is InChI=1S/C15H10N2O2/c18-12-7-3-6-11-14(12)17-13(16-11)8-9-4-1-2-5-10(9)15(17)19/h1-8,16,18H. The molecule has 2 aromatic heterocycles. The Kier molecular flexibility index (Phi) is 1.82. The average molecular weight is 250 g/mol. The average Bonchev–Trinajstić information content (AvgIpc) is 2.79. The Bertz CT molecular complexity index is 995. The zero-order valence-corrected chi connectivity index (χ0v) is 9.92. The van der Waals surface area contributed by atoms with E-state index in [1.807, 2.05) is 30.3 Å². The van der Waals surface area contributed by atoms with Gasteiger partial charge in [0.25, 0.3) is 5.56 Å². The van der Waals surface area contributed by atoms with Crippen molar-refractivity contribution in [3.63, 3.8) is 0 Å². The second-order valence-corrected chi connectivity index (χ2v) is 4.56. The van der Waals surface area contributed by atoms with Crippen LogP contribution in [0.2, 0.25) is 0 Å². The highest BCUT2D eigenvalue weighted by molar-refractivity contribution is 5.91. The van der Waals surface area contributed by atoms with Crippen LogP contribution in [0.25, 0.3) is 27.5 Å². The van der Waals surface area contributed by atoms with Crippen molar-refractivity contribution in [3.05, 3.63) is 58.9 Å². The number of pyridine rings is 1. The van der Waals surface area contributed by atoms with Crippen LogP contribution in [0.4, 0.5) is 0 Å². The number of rotatable bonds is 0. The van der Waals surface area contributed by atoms with Crippen LogP contribution in [0.1, 0.15) is 0 Å². The third-order valence-corrected chi connectivity index (χ3v) is 3.43. The van der Waals surface area contributed by atoms with Crippen molar-refractivity contribution in [2.75, 3.05) is 0 Å². The fourth-order valence-corrected chi connectivity index (χ4v) is 2.58. The number of imidazole rings is 1. The second-order valence-electron chi connectivity index (χ2n) is 4.56. The van der Waals surface area contributed by atoms with Gasteiger partial charge in [0.05, 0.1) is 5.52 Å². The van der Waals surface area contributed by atoms with Crippen LogP contribution in [0.5, 0.6) is 5.75 Å². The van der Waals surface area contributed by atoms with Crippen LogP contribution in [-0.2, 0) is 0 Å². The van der Waals surface area contributed by atoms with E-state index >= 15 is 0 Å². The highest BCUT2D eigenvalue weighted by atomic mass is 16.3. The highest BCUT2D eigenvalue weighted by Gasteiger charge is 2.11. The maximum atomic E-state index is 12.5. The molecule has 2 N–H and O–H groups in total. The van der Waals surface area contributed by atoms with E-state index < -0.39 is 0 Å². The molecule has 0 radical (unpaired) electrons. The summed E-state index contributed by atoms with van der Waals surface area (Å²) in [5.74, 6) is 0.0983. The number of aromatic hydroxyl groups is 1. The molecule has 0 fully saturated rings. The van der Waals surface area contributed by atoms with Gasteiger partial charge in [-0.3, -0.25) is 9.20 Å². The topological polar surface area (TPSA) is 57.5 Å². The van der Waals surface area contributed by atoms with E-state index in [-0.39, 0.29) is 11.3 Å². The first-order valence-electron chi connectivity index (χ1n) is 6.00. The predicted molar refractivity (Wildman–Crippen MR) is 74.7 cm³/mol. The zero-order valence-electron chi connectivity index (χ0n) is 9.92. The van der Waals surface area contributed by atoms with Crippen molar-refractivity contribution in [1.29, 1.82) is 0 Å². The molecule has 92 valence electrons. The molecule has 2 heterocycles. The van der Waals surface area contributed by atoms with Gasteiger partial charge in [0, 0.05) is 5.39 Å². The molecular formula is C15H10N2O2. The maximum absolute atomic E-state index is 12.5. The minimum Gasteiger partial charge on any atom is -0.506 e. The third-order valence-electron chi connectivity index (χ3n) is 3.43. The van der Waals surface area contributed by atoms with Crippen LogP contribution in [-0.4, -0.2) is 14.5 Å². The van der Waals surface area contributed by atoms with Crippen molar-refractivity contribution in [3.8, 4) is 5.75 Å². The number of phenolic OH excluding ortho intramolecular Hbond substituents is 1. The van der Waals surface area contributed by atoms with Crippen molar-refractivity contribution in [2.24, 2.45) is 0 Å². The summed E-state index contributed by atoms with van der Waals surface area (Å²) in [6.07, 6.45) is 0. The summed E-state index contributed by atoms with van der Waals surface area (Å²) in [4.78, 5) is 15.7. The number of hydrogen-bond acceptors (Lipinski definition) is 2. The molecule has 0 unspecified atom stereocenters. The number of fused-ring (bicyclic) bond motifs is 4. The summed E-state index contributed by atoms with van der Waals surface area (Å²) >= 11 is 0. The van der Waals surface area contributed by atoms with Crippen molar-refractivity contribution in [1.82, 2.24) is 9.38 Å². The molecule has 4 heteroatoms. The first kappa shape index (κ1) is 10.2. The van der Waals surface area contributed by atoms with Crippen LogP contribution in [0.3, 0.4) is 0 Å². The van der Waals surface area contributed by atoms with Crippen molar-refractivity contribution in [2.45, 2.75) is 0 Å². The molecule has 4 rings (SSSR count). The van der Waals surface area contributed by atoms with Crippen molar-refractivity contribution < 1.29 is 5.11 Å². The summed E-state index contributed by atoms with van der Waals surface area (Å²) in [5, 5.41) is 11.5. The van der Waals surface area contributed by atoms with Gasteiger partial charge in [0.1, 0.15) is 16.9 Å². The summed E-state index contributed by atoms with van der Waals surface area (Å²) in [5.41, 5.74) is 1.82. The van der Waals surface area contributed by atoms with E-state index in [1.54, 1.807) is 18.2 Å². The van der Waals surface area contributed by atoms with Gasteiger partial charge in [-0.15, -0.1) is 0 Å². The lowest BCUT2D eigenvalue weighted by atomic mass is 10.2. The maximum Gasteiger partial charge on any atom is 0.264 e. The van der Waals surface area contributed by atoms with E-state index in [4.69, 9.17) is 0 Å². The Morgan fingerprint density at radius 2 is 1.89 bits per heavy atom. The van der Waals surface area contributed by atoms with Crippen molar-refractivity contribution >= 4 is 27.5 Å². The molecule has 4 nitrogen and oxygen atoms in total. The first-order chi connectivity index (χ1) is 9.25. The summed E-state index contributed by atoms with van der Waals surface area (Å²) < 4.78 is 1.52. The highest BCUT2D eigenvalue weighted by Crippen LogP contribution is 2.25. The molecule has 0 aliphatic heterocycles. The Morgan fingerprint density at radius 3 is 2.79 bits per heavy atom. The number of nitrogens with one attached hydrogen (secondary N) is 1. The van der Waals surface area contributed by atoms with E-state index in [1.165, 1.54) is 4.40 Å². The summed E-state index contributed by atoms with van der Waals surface area (Å²) in [6.45, 7) is 0. The quantitative estimate of drug-likeness (QED) is 0.504. The number of para-hydroxylation sites is 1. The van der Waals surface area contributed by atoms with Crippen LogP contribution >= 0.6 is 0 Å². The number of aromatic amines is 1. The zero-order chi connectivity index (χ0) is 13.0. The van der Waals surface area contributed by atoms with Gasteiger partial charge in [-0.05, 0) is 29.7 Å². The molecule has 0 saturated carbocycles. The molecule has 0 amide bonds. The minimum absolute atomic E-state index is 0.0983. The molecule has 0 aliphatic rings. The summed E-state index contributed by atoms with van der Waals surface area (Å²) in [6, 6.07) is 14.5. The Hall–Kier alpha value is -2.75. The van der Waals surface area contributed by atoms with E-state index in [9.17, 15) is 9.90 Å². The minimum atomic E-state index is -0.124. The predicted octanol–water partition coefficient (Wildman–Crippen LogP) is 2.64. The number of phenols is 1. The van der Waals surface area contributed by atoms with Crippen LogP contribution in [0.15, 0.2) is 53.3 Å². The molecule has 19 heavy (non-hydrogen) atoms. The molecule has 0 atom stereocenters. The lowest BCUT2D eigenvalue weighted by Crippen LogP contribution is -2.12. The second kappa shape index (κ2) is 3.38. The molecule has 0 spiro atoms. The number of aromatic nitrogens is 2. The summed E-state index contributed by atoms with van der Waals surface area (Å²) in [7, 11) is 0. The normalized spacial score (nSPS) is 11.6. The smallest absolute Gasteiger partial charge is 0.264 e. The molecular weight excluding hydrogens is 240 g/mol. The van der Waals surface area contributed by atoms with Gasteiger partial charge in [0.15, 0.2) is 0 Å². The van der Waals surface area contributed by atoms with E-state index in [2.05, 4.69) is 4.98 Å². The molecule has 0 aliphatic carbocycles. The van der Waals surface area contributed by atoms with Crippen LogP contribution in [0, 0.1) is 0 Å². The van der Waals surface area contributed by atoms with Gasteiger partial charge >= 0.3 is 0 Å². The fourth-order valence-electron chi connectivity index (χ4n) is 2.58. The SMILES string of the molecule is O=c1c2ccccc2cc2[nH]c3cccc(O)c3n12. The monoisotopic (exact) mass is 250 g/mol. The van der Waals surface area contributed by atoms with Gasteiger partial charge in [0.2, 0.25) is 0 Å². The van der Waals surface area contributed by atoms with Gasteiger partial charge in [-0.2, -0.15) is 0 Å². The van der Waals surface area contributed by atoms with Gasteiger partial charge in [-0.25, -0.2) is 0 Å². The lowest BCUT2D eigenvalue weighted by Gasteiger charge is -2.00. The van der Waals surface area contributed by atoms with Crippen LogP contribution < -0.4 is 5.56 Å². The molecule has 2 aromatic carbocycles. The first-order valence-corrected chi connectivity index (χ1v) is 6.00. The largest absolute Gasteiger partial charge is 0.506 e. The van der Waals surface area contributed by atoms with E-state index in [0.29, 0.717) is 16.6 Å². The molecule has 0 bridgehead atoms. The number of nitrogens with zero attached hydrogens (tertiary/aromatic N) is 1. The number of benzene rings is 2. The Balaban J connectivity index is 2.39. The lowest BCUT2D eigenvalue weighted by molar-refractivity contribution is 0.480. The van der Waals surface area contributed by atoms with Gasteiger partial charge in [-0.1, -0.05) is 24.3 Å². The number of hydrogen-bond donors (Lipinski definition) is 2. The van der Waals surface area contributed by atoms with Gasteiger partial charge < -0.3 is 10.1 Å². The van der Waals surface area contributed by atoms with E-state index in [0.717, 1.165) is 10.9 Å². The number of H-pyrrole nitrogens is 1. The third kappa shape index (κ3) is 1.25.